The van der Waals surface area contributed by atoms with Gasteiger partial charge in [-0.15, -0.1) is 0 Å². The molecular weight excluding hydrogens is 1660 g/mol. The van der Waals surface area contributed by atoms with Gasteiger partial charge in [-0.05, 0) is 309 Å². The van der Waals surface area contributed by atoms with Crippen molar-refractivity contribution in [3.8, 4) is 0 Å². The number of carbonyl (C=O) groups excluding carboxylic acids is 6. The van der Waals surface area contributed by atoms with E-state index in [4.69, 9.17) is 14.2 Å². The molecule has 9 aromatic rings. The SMILES string of the molecule is O=C(OC12CC3CC(CC(C3)C1)C2)[C@@]1(SSc2ccc3ccccc3c2)Cc2cc(Br)ccc2C1=O.O=C(OC12CC3CC(CC(C3)C1)C2)[C@@]1(SSc2ccc3ccccc3c2)Cc2cc(Br)ccc2C1=O.O=C(OC12CC3CC(CC(C3)C1)C2)[C@@]1(SSc2ccc3ccccc3c2)Cc2cc(Br)ccc2C1=O. The Labute approximate surface area is 679 Å². The molecular formula is C90H81Br3O9S6. The summed E-state index contributed by atoms with van der Waals surface area (Å²) >= 11 is 10.6. The van der Waals surface area contributed by atoms with E-state index >= 15 is 0 Å². The molecule has 108 heavy (non-hydrogen) atoms. The molecule has 0 aromatic heterocycles. The second-order valence-electron chi connectivity index (χ2n) is 33.9. The molecule has 9 aromatic carbocycles. The summed E-state index contributed by atoms with van der Waals surface area (Å²) in [6, 6.07) is 60.8. The van der Waals surface area contributed by atoms with Crippen molar-refractivity contribution in [3.05, 3.63) is 229 Å². The summed E-state index contributed by atoms with van der Waals surface area (Å²) in [5.41, 5.74) is 3.58. The van der Waals surface area contributed by atoms with Crippen LogP contribution in [0.1, 0.15) is 163 Å². The summed E-state index contributed by atoms with van der Waals surface area (Å²) in [5, 5.41) is 6.99. The van der Waals surface area contributed by atoms with Gasteiger partial charge in [-0.1, -0.05) is 204 Å². The minimum absolute atomic E-state index is 0.113. The van der Waals surface area contributed by atoms with Gasteiger partial charge >= 0.3 is 17.9 Å². The zero-order valence-corrected chi connectivity index (χ0v) is 69.3. The highest BCUT2D eigenvalue weighted by atomic mass is 79.9. The molecule has 0 aliphatic heterocycles. The van der Waals surface area contributed by atoms with Crippen LogP contribution in [-0.4, -0.2) is 66.3 Å². The van der Waals surface area contributed by atoms with Gasteiger partial charge in [-0.3, -0.25) is 14.4 Å². The Balaban J connectivity index is 0.000000110. The molecule has 9 nitrogen and oxygen atoms in total. The summed E-state index contributed by atoms with van der Waals surface area (Å²) in [4.78, 5) is 87.4. The van der Waals surface area contributed by atoms with Crippen LogP contribution in [0.25, 0.3) is 32.3 Å². The highest BCUT2D eigenvalue weighted by Gasteiger charge is 2.63. The van der Waals surface area contributed by atoms with Crippen molar-refractivity contribution in [2.45, 2.75) is 181 Å². The van der Waals surface area contributed by atoms with Crippen LogP contribution in [0.2, 0.25) is 0 Å². The van der Waals surface area contributed by atoms with Crippen molar-refractivity contribution in [1.82, 2.24) is 0 Å². The molecule has 15 aliphatic carbocycles. The van der Waals surface area contributed by atoms with E-state index in [1.54, 1.807) is 0 Å². The fraction of sp³-hybridized carbons (Fsp3) is 0.400. The summed E-state index contributed by atoms with van der Waals surface area (Å²) in [5.74, 6) is 4.72. The molecule has 18 heteroatoms. The molecule has 12 fully saturated rings. The Morgan fingerprint density at radius 1 is 0.296 bits per heavy atom. The number of hydrogen-bond acceptors (Lipinski definition) is 15. The largest absolute Gasteiger partial charge is 0.458 e. The minimum Gasteiger partial charge on any atom is -0.458 e. The molecule has 15 aliphatic rings. The van der Waals surface area contributed by atoms with Crippen LogP contribution < -0.4 is 0 Å². The first-order chi connectivity index (χ1) is 52.2. The summed E-state index contributed by atoms with van der Waals surface area (Å²) < 4.78 is 18.6. The first kappa shape index (κ1) is 72.9. The molecule has 0 spiro atoms. The highest BCUT2D eigenvalue weighted by molar-refractivity contribution is 9.11. The third-order valence-corrected chi connectivity index (χ3v) is 36.7. The topological polar surface area (TPSA) is 130 Å². The lowest BCUT2D eigenvalue weighted by molar-refractivity contribution is -0.188. The Morgan fingerprint density at radius 2 is 0.528 bits per heavy atom. The third kappa shape index (κ3) is 13.7. The average Bonchev–Trinajstić information content (AvgIpc) is 1.13. The van der Waals surface area contributed by atoms with Crippen LogP contribution in [0.5, 0.6) is 0 Å². The standard InChI is InChI=1S/3C30H27BrO3S2/c3*31-24-6-8-26-23(12-24)17-30(27(26)32,36-35-25-7-5-21-3-1-2-4-22(21)13-25)28(33)34-29-14-18-9-19(15-29)11-20(10-18)16-29/h3*1-8,12-13,18-20H,9-11,14-17H2/t3*18?,19?,20?,29?,30-/m111/s1. The van der Waals surface area contributed by atoms with E-state index in [-0.39, 0.29) is 52.1 Å². The van der Waals surface area contributed by atoms with Gasteiger partial charge in [0.25, 0.3) is 0 Å². The molecule has 12 bridgehead atoms. The van der Waals surface area contributed by atoms with Crippen molar-refractivity contribution in [2.75, 3.05) is 0 Å². The van der Waals surface area contributed by atoms with E-state index in [0.717, 1.165) is 119 Å². The second kappa shape index (κ2) is 28.7. The van der Waals surface area contributed by atoms with Crippen molar-refractivity contribution >= 4 is 180 Å². The van der Waals surface area contributed by atoms with Gasteiger partial charge in [0.15, 0.2) is 31.6 Å². The molecule has 0 saturated heterocycles. The number of fused-ring (bicyclic) bond motifs is 6. The Kier molecular flexibility index (Phi) is 19.4. The fourth-order valence-corrected chi connectivity index (χ4v) is 31.9. The molecule has 0 N–H and O–H groups in total. The molecule has 0 amide bonds. The van der Waals surface area contributed by atoms with E-state index in [9.17, 15) is 28.8 Å². The summed E-state index contributed by atoms with van der Waals surface area (Å²) in [6.07, 6.45) is 21.4. The van der Waals surface area contributed by atoms with Crippen LogP contribution in [0.4, 0.5) is 0 Å². The lowest BCUT2D eigenvalue weighted by atomic mass is 9.54. The lowest BCUT2D eigenvalue weighted by Crippen LogP contribution is -2.55. The number of esters is 3. The molecule has 12 saturated carbocycles. The maximum absolute atomic E-state index is 14.2. The smallest absolute Gasteiger partial charge is 0.332 e. The van der Waals surface area contributed by atoms with Gasteiger partial charge in [0.2, 0.25) is 0 Å². The Hall–Kier alpha value is -5.28. The van der Waals surface area contributed by atoms with E-state index < -0.39 is 14.2 Å². The van der Waals surface area contributed by atoms with E-state index in [0.29, 0.717) is 89.2 Å². The molecule has 3 atom stereocenters. The second-order valence-corrected chi connectivity index (χ2v) is 44.2. The van der Waals surface area contributed by atoms with Gasteiger partial charge in [0.05, 0.1) is 0 Å². The number of carbonyl (C=O) groups is 6. The van der Waals surface area contributed by atoms with E-state index in [2.05, 4.69) is 139 Å². The quantitative estimate of drug-likeness (QED) is 0.0417. The minimum atomic E-state index is -1.26. The lowest BCUT2D eigenvalue weighted by Gasteiger charge is -2.56. The number of benzene rings is 9. The van der Waals surface area contributed by atoms with Crippen molar-refractivity contribution in [1.29, 1.82) is 0 Å². The predicted molar refractivity (Wildman–Crippen MR) is 448 cm³/mol. The zero-order chi connectivity index (χ0) is 73.5. The van der Waals surface area contributed by atoms with Crippen LogP contribution in [-0.2, 0) is 47.9 Å². The molecule has 552 valence electrons. The maximum Gasteiger partial charge on any atom is 0.332 e. The molecule has 24 rings (SSSR count). The number of hydrogen-bond donors (Lipinski definition) is 0. The zero-order valence-electron chi connectivity index (χ0n) is 59.6. The fourth-order valence-electron chi connectivity index (χ4n) is 22.6. The highest BCUT2D eigenvalue weighted by Crippen LogP contribution is 2.63. The van der Waals surface area contributed by atoms with Gasteiger partial charge in [-0.2, -0.15) is 0 Å². The third-order valence-electron chi connectivity index (χ3n) is 26.2. The number of ether oxygens (including phenoxy) is 3. The van der Waals surface area contributed by atoms with Gasteiger partial charge < -0.3 is 14.2 Å². The molecule has 0 radical (unpaired) electrons. The normalized spacial score (nSPS) is 32.1. The molecule has 0 heterocycles. The van der Waals surface area contributed by atoms with Crippen LogP contribution in [0, 0.1) is 53.3 Å². The van der Waals surface area contributed by atoms with Crippen LogP contribution >= 0.6 is 113 Å². The number of Topliss-reactive ketones (excluding diaryl/α,β-unsaturated/α-hetero) is 3. The first-order valence-electron chi connectivity index (χ1n) is 38.5. The van der Waals surface area contributed by atoms with Crippen molar-refractivity contribution in [3.63, 3.8) is 0 Å². The van der Waals surface area contributed by atoms with E-state index in [1.807, 2.05) is 91.0 Å². The van der Waals surface area contributed by atoms with E-state index in [1.165, 1.54) is 139 Å². The van der Waals surface area contributed by atoms with Gasteiger partial charge in [0, 0.05) is 64.1 Å². The molecule has 0 unspecified atom stereocenters. The van der Waals surface area contributed by atoms with Gasteiger partial charge in [0.1, 0.15) is 16.8 Å². The maximum atomic E-state index is 14.2. The number of ketones is 3. The monoisotopic (exact) mass is 1730 g/mol. The summed E-state index contributed by atoms with van der Waals surface area (Å²) in [7, 11) is 8.67. The Morgan fingerprint density at radius 3 is 0.769 bits per heavy atom. The number of halogens is 3. The summed E-state index contributed by atoms with van der Waals surface area (Å²) in [6.45, 7) is 0. The first-order valence-corrected chi connectivity index (χ1v) is 47.3. The predicted octanol–water partition coefficient (Wildman–Crippen LogP) is 24.1. The van der Waals surface area contributed by atoms with Gasteiger partial charge in [-0.25, -0.2) is 14.4 Å². The van der Waals surface area contributed by atoms with Crippen molar-refractivity contribution < 1.29 is 43.0 Å². The van der Waals surface area contributed by atoms with Crippen LogP contribution in [0.15, 0.2) is 210 Å². The number of rotatable bonds is 15. The van der Waals surface area contributed by atoms with Crippen LogP contribution in [0.3, 0.4) is 0 Å². The Bertz CT molecular complexity index is 4610. The average molecular weight is 1740 g/mol. The van der Waals surface area contributed by atoms with Crippen molar-refractivity contribution in [2.24, 2.45) is 53.3 Å².